The Balaban J connectivity index is 1.97. The first kappa shape index (κ1) is 15.6. The van der Waals surface area contributed by atoms with Crippen molar-refractivity contribution in [2.24, 2.45) is 0 Å². The zero-order valence-electron chi connectivity index (χ0n) is 11.9. The van der Waals surface area contributed by atoms with Crippen molar-refractivity contribution in [1.29, 1.82) is 0 Å². The standard InChI is InChI=1S/C19H16O3/c20-17(13-11-15-7-3-1-4-8-15)19(22)18(21)14-12-16-9-5-2-6-10-16/h1-14,19,22H/b13-11+,14-12+. The first-order chi connectivity index (χ1) is 10.7. The van der Waals surface area contributed by atoms with E-state index in [1.807, 2.05) is 60.7 Å². The third kappa shape index (κ3) is 4.65. The van der Waals surface area contributed by atoms with Gasteiger partial charge in [-0.25, -0.2) is 0 Å². The predicted octanol–water partition coefficient (Wildman–Crippen LogP) is 2.91. The molecular formula is C19H16O3. The Morgan fingerprint density at radius 3 is 1.45 bits per heavy atom. The maximum absolute atomic E-state index is 11.8. The minimum absolute atomic E-state index is 0.633. The van der Waals surface area contributed by atoms with E-state index in [1.54, 1.807) is 12.2 Å². The van der Waals surface area contributed by atoms with Crippen LogP contribution in [-0.4, -0.2) is 22.8 Å². The fraction of sp³-hybridized carbons (Fsp3) is 0.0526. The lowest BCUT2D eigenvalue weighted by atomic mass is 10.1. The average Bonchev–Trinajstić information content (AvgIpc) is 2.58. The van der Waals surface area contributed by atoms with Crippen LogP contribution < -0.4 is 0 Å². The second kappa shape index (κ2) is 7.86. The second-order valence-corrected chi connectivity index (χ2v) is 4.70. The summed E-state index contributed by atoms with van der Waals surface area (Å²) in [6.45, 7) is 0. The summed E-state index contributed by atoms with van der Waals surface area (Å²) in [4.78, 5) is 23.6. The number of benzene rings is 2. The van der Waals surface area contributed by atoms with Crippen molar-refractivity contribution in [2.45, 2.75) is 6.10 Å². The van der Waals surface area contributed by atoms with Crippen LogP contribution in [0.4, 0.5) is 0 Å². The van der Waals surface area contributed by atoms with Gasteiger partial charge >= 0.3 is 0 Å². The number of aliphatic hydroxyl groups excluding tert-OH is 1. The normalized spacial score (nSPS) is 11.4. The minimum atomic E-state index is -1.67. The molecule has 0 saturated heterocycles. The molecule has 2 rings (SSSR count). The molecule has 0 bridgehead atoms. The van der Waals surface area contributed by atoms with E-state index in [-0.39, 0.29) is 0 Å². The smallest absolute Gasteiger partial charge is 0.192 e. The maximum atomic E-state index is 11.8. The van der Waals surface area contributed by atoms with E-state index in [9.17, 15) is 14.7 Å². The van der Waals surface area contributed by atoms with Crippen molar-refractivity contribution in [3.63, 3.8) is 0 Å². The Hall–Kier alpha value is -2.78. The summed E-state index contributed by atoms with van der Waals surface area (Å²) in [5.41, 5.74) is 1.66. The highest BCUT2D eigenvalue weighted by Crippen LogP contribution is 2.04. The van der Waals surface area contributed by atoms with E-state index in [0.717, 1.165) is 11.1 Å². The highest BCUT2D eigenvalue weighted by atomic mass is 16.3. The molecule has 0 aromatic heterocycles. The molecule has 0 radical (unpaired) electrons. The Labute approximate surface area is 129 Å². The lowest BCUT2D eigenvalue weighted by molar-refractivity contribution is -0.132. The van der Waals surface area contributed by atoms with E-state index in [2.05, 4.69) is 0 Å². The molecule has 3 heteroatoms. The van der Waals surface area contributed by atoms with Crippen LogP contribution in [0.25, 0.3) is 12.2 Å². The van der Waals surface area contributed by atoms with Crippen LogP contribution in [0.15, 0.2) is 72.8 Å². The van der Waals surface area contributed by atoms with Crippen LogP contribution in [0.3, 0.4) is 0 Å². The summed E-state index contributed by atoms with van der Waals surface area (Å²) in [6.07, 6.45) is 3.90. The number of aliphatic hydroxyl groups is 1. The molecule has 0 heterocycles. The lowest BCUT2D eigenvalue weighted by Crippen LogP contribution is -2.26. The van der Waals surface area contributed by atoms with Crippen molar-refractivity contribution in [1.82, 2.24) is 0 Å². The van der Waals surface area contributed by atoms with Gasteiger partial charge in [0.2, 0.25) is 0 Å². The second-order valence-electron chi connectivity index (χ2n) is 4.70. The van der Waals surface area contributed by atoms with Gasteiger partial charge in [-0.05, 0) is 23.3 Å². The quantitative estimate of drug-likeness (QED) is 0.658. The molecule has 0 saturated carbocycles. The summed E-state index contributed by atoms with van der Waals surface area (Å²) in [6, 6.07) is 18.4. The molecule has 0 aliphatic rings. The van der Waals surface area contributed by atoms with Crippen molar-refractivity contribution in [3.05, 3.63) is 83.9 Å². The Morgan fingerprint density at radius 2 is 1.09 bits per heavy atom. The number of rotatable bonds is 6. The lowest BCUT2D eigenvalue weighted by Gasteiger charge is -2.02. The zero-order chi connectivity index (χ0) is 15.8. The number of hydrogen-bond donors (Lipinski definition) is 1. The van der Waals surface area contributed by atoms with Gasteiger partial charge in [-0.15, -0.1) is 0 Å². The molecule has 3 nitrogen and oxygen atoms in total. The minimum Gasteiger partial charge on any atom is -0.377 e. The molecule has 0 aliphatic carbocycles. The third-order valence-electron chi connectivity index (χ3n) is 3.02. The number of hydrogen-bond acceptors (Lipinski definition) is 3. The highest BCUT2D eigenvalue weighted by Gasteiger charge is 2.18. The van der Waals surface area contributed by atoms with Crippen molar-refractivity contribution >= 4 is 23.7 Å². The topological polar surface area (TPSA) is 54.4 Å². The van der Waals surface area contributed by atoms with Gasteiger partial charge in [0.05, 0.1) is 0 Å². The van der Waals surface area contributed by atoms with E-state index < -0.39 is 17.7 Å². The summed E-state index contributed by atoms with van der Waals surface area (Å²) in [5.74, 6) is -1.27. The van der Waals surface area contributed by atoms with Crippen LogP contribution in [0.1, 0.15) is 11.1 Å². The van der Waals surface area contributed by atoms with Gasteiger partial charge in [0, 0.05) is 0 Å². The molecule has 0 atom stereocenters. The molecule has 0 fully saturated rings. The Bertz CT molecular complexity index is 624. The van der Waals surface area contributed by atoms with Gasteiger partial charge in [0.25, 0.3) is 0 Å². The molecule has 2 aromatic carbocycles. The molecule has 0 amide bonds. The first-order valence-corrected chi connectivity index (χ1v) is 6.89. The average molecular weight is 292 g/mol. The molecule has 110 valence electrons. The molecular weight excluding hydrogens is 276 g/mol. The van der Waals surface area contributed by atoms with E-state index in [1.165, 1.54) is 12.2 Å². The number of carbonyl (C=O) groups excluding carboxylic acids is 2. The van der Waals surface area contributed by atoms with Gasteiger partial charge in [-0.2, -0.15) is 0 Å². The summed E-state index contributed by atoms with van der Waals surface area (Å²) < 4.78 is 0. The number of carbonyl (C=O) groups is 2. The molecule has 0 unspecified atom stereocenters. The zero-order valence-corrected chi connectivity index (χ0v) is 11.9. The summed E-state index contributed by atoms with van der Waals surface area (Å²) in [5, 5.41) is 9.74. The monoisotopic (exact) mass is 292 g/mol. The van der Waals surface area contributed by atoms with Crippen LogP contribution in [0, 0.1) is 0 Å². The van der Waals surface area contributed by atoms with Gasteiger partial charge in [0.15, 0.2) is 17.7 Å². The largest absolute Gasteiger partial charge is 0.377 e. The van der Waals surface area contributed by atoms with Crippen LogP contribution in [0.5, 0.6) is 0 Å². The molecule has 1 N–H and O–H groups in total. The van der Waals surface area contributed by atoms with Gasteiger partial charge in [-0.1, -0.05) is 72.8 Å². The van der Waals surface area contributed by atoms with Gasteiger partial charge in [0.1, 0.15) is 0 Å². The van der Waals surface area contributed by atoms with E-state index in [4.69, 9.17) is 0 Å². The first-order valence-electron chi connectivity index (χ1n) is 6.89. The van der Waals surface area contributed by atoms with E-state index in [0.29, 0.717) is 0 Å². The van der Waals surface area contributed by atoms with E-state index >= 15 is 0 Å². The van der Waals surface area contributed by atoms with Gasteiger partial charge < -0.3 is 5.11 Å². The van der Waals surface area contributed by atoms with Crippen molar-refractivity contribution < 1.29 is 14.7 Å². The van der Waals surface area contributed by atoms with Crippen LogP contribution in [0.2, 0.25) is 0 Å². The maximum Gasteiger partial charge on any atom is 0.192 e. The molecule has 2 aromatic rings. The number of ketones is 2. The van der Waals surface area contributed by atoms with Crippen LogP contribution in [-0.2, 0) is 9.59 Å². The molecule has 0 aliphatic heterocycles. The molecule has 0 spiro atoms. The highest BCUT2D eigenvalue weighted by molar-refractivity contribution is 6.15. The predicted molar refractivity (Wildman–Crippen MR) is 87.0 cm³/mol. The fourth-order valence-electron chi connectivity index (χ4n) is 1.81. The molecule has 22 heavy (non-hydrogen) atoms. The van der Waals surface area contributed by atoms with Crippen molar-refractivity contribution in [2.75, 3.05) is 0 Å². The Kier molecular flexibility index (Phi) is 5.57. The van der Waals surface area contributed by atoms with Gasteiger partial charge in [-0.3, -0.25) is 9.59 Å². The SMILES string of the molecule is O=C(/C=C/c1ccccc1)C(O)C(=O)/C=C/c1ccccc1. The Morgan fingerprint density at radius 1 is 0.727 bits per heavy atom. The van der Waals surface area contributed by atoms with Crippen LogP contribution >= 0.6 is 0 Å². The summed E-state index contributed by atoms with van der Waals surface area (Å²) >= 11 is 0. The fourth-order valence-corrected chi connectivity index (χ4v) is 1.81. The summed E-state index contributed by atoms with van der Waals surface area (Å²) in [7, 11) is 0. The third-order valence-corrected chi connectivity index (χ3v) is 3.02. The van der Waals surface area contributed by atoms with Crippen molar-refractivity contribution in [3.8, 4) is 0 Å².